The first-order valence-electron chi connectivity index (χ1n) is 4.76. The van der Waals surface area contributed by atoms with Crippen molar-refractivity contribution in [2.75, 3.05) is 12.9 Å². The number of rotatable bonds is 3. The van der Waals surface area contributed by atoms with Gasteiger partial charge in [0.2, 0.25) is 11.7 Å². The van der Waals surface area contributed by atoms with Gasteiger partial charge in [-0.3, -0.25) is 14.5 Å². The fraction of sp³-hybridized carbons (Fsp3) is 0.300. The lowest BCUT2D eigenvalue weighted by atomic mass is 10.4. The Hall–Kier alpha value is -1.76. The molecule has 17 heavy (non-hydrogen) atoms. The molecule has 6 nitrogen and oxygen atoms in total. The SMILES string of the molecule is COC(=O)c1ccc(CN2C(=O)CSC2=O)o1. The first-order valence-corrected chi connectivity index (χ1v) is 5.74. The first kappa shape index (κ1) is 11.7. The highest BCUT2D eigenvalue weighted by Gasteiger charge is 2.30. The van der Waals surface area contributed by atoms with Gasteiger partial charge >= 0.3 is 5.97 Å². The molecule has 1 fully saturated rings. The van der Waals surface area contributed by atoms with Gasteiger partial charge in [-0.15, -0.1) is 0 Å². The van der Waals surface area contributed by atoms with Crippen LogP contribution in [0.3, 0.4) is 0 Å². The molecule has 2 rings (SSSR count). The third-order valence-corrected chi connectivity index (χ3v) is 3.06. The van der Waals surface area contributed by atoms with Gasteiger partial charge in [-0.1, -0.05) is 11.8 Å². The summed E-state index contributed by atoms with van der Waals surface area (Å²) in [5.74, 6) is -0.270. The quantitative estimate of drug-likeness (QED) is 0.757. The minimum absolute atomic E-state index is 0.0433. The fourth-order valence-electron chi connectivity index (χ4n) is 1.36. The molecule has 0 bridgehead atoms. The molecular formula is C10H9NO5S. The monoisotopic (exact) mass is 255 g/mol. The van der Waals surface area contributed by atoms with E-state index in [1.165, 1.54) is 19.2 Å². The topological polar surface area (TPSA) is 76.8 Å². The highest BCUT2D eigenvalue weighted by molar-refractivity contribution is 8.14. The van der Waals surface area contributed by atoms with Crippen LogP contribution in [0, 0.1) is 0 Å². The van der Waals surface area contributed by atoms with Crippen LogP contribution in [-0.2, 0) is 16.1 Å². The lowest BCUT2D eigenvalue weighted by molar-refractivity contribution is -0.125. The van der Waals surface area contributed by atoms with Crippen molar-refractivity contribution in [3.05, 3.63) is 23.7 Å². The van der Waals surface area contributed by atoms with Gasteiger partial charge in [0.1, 0.15) is 5.76 Å². The molecule has 0 atom stereocenters. The van der Waals surface area contributed by atoms with Crippen LogP contribution in [0.1, 0.15) is 16.3 Å². The van der Waals surface area contributed by atoms with Crippen molar-refractivity contribution in [1.82, 2.24) is 4.90 Å². The van der Waals surface area contributed by atoms with E-state index in [-0.39, 0.29) is 29.2 Å². The number of nitrogens with zero attached hydrogens (tertiary/aromatic N) is 1. The normalized spacial score (nSPS) is 15.5. The van der Waals surface area contributed by atoms with E-state index in [0.717, 1.165) is 16.7 Å². The molecule has 1 saturated heterocycles. The molecule has 2 heterocycles. The van der Waals surface area contributed by atoms with Gasteiger partial charge in [0.15, 0.2) is 0 Å². The number of hydrogen-bond acceptors (Lipinski definition) is 6. The van der Waals surface area contributed by atoms with Crippen LogP contribution in [0.2, 0.25) is 0 Å². The van der Waals surface area contributed by atoms with Crippen molar-refractivity contribution in [3.8, 4) is 0 Å². The van der Waals surface area contributed by atoms with E-state index in [0.29, 0.717) is 5.76 Å². The second-order valence-electron chi connectivity index (χ2n) is 3.29. The maximum absolute atomic E-state index is 11.3. The summed E-state index contributed by atoms with van der Waals surface area (Å²) < 4.78 is 9.64. The summed E-state index contributed by atoms with van der Waals surface area (Å²) in [6, 6.07) is 2.98. The molecule has 0 unspecified atom stereocenters. The molecule has 0 saturated carbocycles. The molecule has 1 aliphatic heterocycles. The maximum atomic E-state index is 11.3. The number of amides is 2. The lowest BCUT2D eigenvalue weighted by Gasteiger charge is -2.09. The van der Waals surface area contributed by atoms with E-state index in [1.807, 2.05) is 0 Å². The predicted octanol–water partition coefficient (Wildman–Crippen LogP) is 1.26. The zero-order valence-electron chi connectivity index (χ0n) is 8.97. The van der Waals surface area contributed by atoms with Crippen molar-refractivity contribution in [1.29, 1.82) is 0 Å². The number of hydrogen-bond donors (Lipinski definition) is 0. The van der Waals surface area contributed by atoms with E-state index in [1.54, 1.807) is 0 Å². The van der Waals surface area contributed by atoms with Crippen molar-refractivity contribution in [3.63, 3.8) is 0 Å². The summed E-state index contributed by atoms with van der Waals surface area (Å²) in [5, 5.41) is -0.300. The highest BCUT2D eigenvalue weighted by atomic mass is 32.2. The van der Waals surface area contributed by atoms with Crippen molar-refractivity contribution < 1.29 is 23.5 Å². The average Bonchev–Trinajstić information content (AvgIpc) is 2.90. The number of imide groups is 1. The Morgan fingerprint density at radius 2 is 2.29 bits per heavy atom. The Kier molecular flexibility index (Phi) is 3.19. The summed E-state index contributed by atoms with van der Waals surface area (Å²) in [6.07, 6.45) is 0. The average molecular weight is 255 g/mol. The Morgan fingerprint density at radius 1 is 1.53 bits per heavy atom. The number of methoxy groups -OCH3 is 1. The molecule has 90 valence electrons. The Morgan fingerprint density at radius 3 is 2.88 bits per heavy atom. The minimum Gasteiger partial charge on any atom is -0.463 e. The van der Waals surface area contributed by atoms with E-state index in [4.69, 9.17) is 4.42 Å². The Bertz CT molecular complexity index is 465. The molecular weight excluding hydrogens is 246 g/mol. The predicted molar refractivity (Wildman–Crippen MR) is 58.5 cm³/mol. The standard InChI is InChI=1S/C10H9NO5S/c1-15-9(13)7-3-2-6(16-7)4-11-8(12)5-17-10(11)14/h2-3H,4-5H2,1H3. The third kappa shape index (κ3) is 2.33. The maximum Gasteiger partial charge on any atom is 0.373 e. The molecule has 1 aromatic rings. The van der Waals surface area contributed by atoms with Gasteiger partial charge in [-0.05, 0) is 12.1 Å². The molecule has 2 amide bonds. The first-order chi connectivity index (χ1) is 8.11. The highest BCUT2D eigenvalue weighted by Crippen LogP contribution is 2.22. The van der Waals surface area contributed by atoms with Gasteiger partial charge in [-0.25, -0.2) is 4.79 Å². The van der Waals surface area contributed by atoms with Gasteiger partial charge in [-0.2, -0.15) is 0 Å². The van der Waals surface area contributed by atoms with Crippen LogP contribution in [0.15, 0.2) is 16.5 Å². The van der Waals surface area contributed by atoms with E-state index in [2.05, 4.69) is 4.74 Å². The molecule has 0 spiro atoms. The van der Waals surface area contributed by atoms with E-state index >= 15 is 0 Å². The number of carbonyl (C=O) groups excluding carboxylic acids is 3. The number of furan rings is 1. The Labute approximate surface area is 101 Å². The number of esters is 1. The molecule has 0 N–H and O–H groups in total. The summed E-state index contributed by atoms with van der Waals surface area (Å²) in [4.78, 5) is 34.9. The molecule has 0 aliphatic carbocycles. The van der Waals surface area contributed by atoms with Crippen LogP contribution >= 0.6 is 11.8 Å². The molecule has 0 radical (unpaired) electrons. The van der Waals surface area contributed by atoms with Crippen LogP contribution in [-0.4, -0.2) is 34.9 Å². The molecule has 7 heteroatoms. The summed E-state index contributed by atoms with van der Waals surface area (Å²) in [5.41, 5.74) is 0. The second-order valence-corrected chi connectivity index (χ2v) is 4.22. The van der Waals surface area contributed by atoms with E-state index < -0.39 is 5.97 Å². The van der Waals surface area contributed by atoms with Gasteiger partial charge < -0.3 is 9.15 Å². The molecule has 1 aromatic heterocycles. The van der Waals surface area contributed by atoms with E-state index in [9.17, 15) is 14.4 Å². The van der Waals surface area contributed by atoms with Crippen LogP contribution < -0.4 is 0 Å². The number of thioether (sulfide) groups is 1. The van der Waals surface area contributed by atoms with Gasteiger partial charge in [0.25, 0.3) is 5.24 Å². The number of carbonyl (C=O) groups is 3. The summed E-state index contributed by atoms with van der Waals surface area (Å²) in [7, 11) is 1.24. The van der Waals surface area contributed by atoms with Gasteiger partial charge in [0, 0.05) is 0 Å². The summed E-state index contributed by atoms with van der Waals surface area (Å²) >= 11 is 0.954. The van der Waals surface area contributed by atoms with Crippen LogP contribution in [0.25, 0.3) is 0 Å². The fourth-order valence-corrected chi connectivity index (χ4v) is 2.09. The number of ether oxygens (including phenoxy) is 1. The smallest absolute Gasteiger partial charge is 0.373 e. The molecule has 0 aromatic carbocycles. The van der Waals surface area contributed by atoms with Crippen LogP contribution in [0.5, 0.6) is 0 Å². The van der Waals surface area contributed by atoms with Gasteiger partial charge in [0.05, 0.1) is 19.4 Å². The lowest BCUT2D eigenvalue weighted by Crippen LogP contribution is -2.27. The minimum atomic E-state index is -0.593. The zero-order valence-corrected chi connectivity index (χ0v) is 9.78. The van der Waals surface area contributed by atoms with Crippen molar-refractivity contribution in [2.24, 2.45) is 0 Å². The van der Waals surface area contributed by atoms with Crippen LogP contribution in [0.4, 0.5) is 4.79 Å². The van der Waals surface area contributed by atoms with Crippen molar-refractivity contribution >= 4 is 28.9 Å². The van der Waals surface area contributed by atoms with Crippen molar-refractivity contribution in [2.45, 2.75) is 6.54 Å². The second kappa shape index (κ2) is 4.62. The zero-order chi connectivity index (χ0) is 12.4. The summed E-state index contributed by atoms with van der Waals surface area (Å²) in [6.45, 7) is 0.0433. The Balaban J connectivity index is 2.09. The molecule has 1 aliphatic rings. The largest absolute Gasteiger partial charge is 0.463 e. The third-order valence-electron chi connectivity index (χ3n) is 2.20.